The number of aromatic nitrogens is 2. The lowest BCUT2D eigenvalue weighted by atomic mass is 9.93. The number of hydrogen-bond acceptors (Lipinski definition) is 4. The molecular formula is C20H24F3N3O. The summed E-state index contributed by atoms with van der Waals surface area (Å²) >= 11 is 0. The molecule has 0 unspecified atom stereocenters. The summed E-state index contributed by atoms with van der Waals surface area (Å²) in [5.74, 6) is 0.107. The highest BCUT2D eigenvalue weighted by molar-refractivity contribution is 5.71. The monoisotopic (exact) mass is 379 g/mol. The molecule has 0 amide bonds. The van der Waals surface area contributed by atoms with E-state index in [4.69, 9.17) is 0 Å². The number of nitrogens with zero attached hydrogens (tertiary/aromatic N) is 3. The van der Waals surface area contributed by atoms with Crippen molar-refractivity contribution in [3.63, 3.8) is 0 Å². The Morgan fingerprint density at radius 1 is 1.22 bits per heavy atom. The lowest BCUT2D eigenvalue weighted by molar-refractivity contribution is -0.137. The number of phenolic OH excluding ortho intramolecular Hbond substituents is 1. The van der Waals surface area contributed by atoms with E-state index in [0.29, 0.717) is 17.2 Å². The van der Waals surface area contributed by atoms with Crippen molar-refractivity contribution < 1.29 is 18.3 Å². The molecule has 0 spiro atoms. The van der Waals surface area contributed by atoms with Gasteiger partial charge in [0, 0.05) is 12.1 Å². The highest BCUT2D eigenvalue weighted by atomic mass is 19.4. The fourth-order valence-corrected chi connectivity index (χ4v) is 3.77. The second-order valence-electron chi connectivity index (χ2n) is 7.20. The summed E-state index contributed by atoms with van der Waals surface area (Å²) < 4.78 is 38.6. The van der Waals surface area contributed by atoms with Crippen molar-refractivity contribution in [2.24, 2.45) is 5.92 Å². The number of benzene rings is 1. The van der Waals surface area contributed by atoms with E-state index in [9.17, 15) is 18.3 Å². The number of rotatable bonds is 4. The van der Waals surface area contributed by atoms with E-state index in [1.165, 1.54) is 19.8 Å². The van der Waals surface area contributed by atoms with E-state index in [2.05, 4.69) is 22.0 Å². The third-order valence-electron chi connectivity index (χ3n) is 5.17. The first-order chi connectivity index (χ1) is 12.8. The average Bonchev–Trinajstić information content (AvgIpc) is 2.62. The van der Waals surface area contributed by atoms with Crippen LogP contribution in [0.25, 0.3) is 11.3 Å². The summed E-state index contributed by atoms with van der Waals surface area (Å²) in [5.41, 5.74) is 0.975. The van der Waals surface area contributed by atoms with Gasteiger partial charge < -0.3 is 10.0 Å². The first-order valence-corrected chi connectivity index (χ1v) is 9.24. The number of alkyl halides is 3. The molecule has 4 nitrogen and oxygen atoms in total. The zero-order chi connectivity index (χ0) is 19.6. The number of phenols is 1. The summed E-state index contributed by atoms with van der Waals surface area (Å²) in [4.78, 5) is 2.43. The highest BCUT2D eigenvalue weighted by Crippen LogP contribution is 2.38. The molecule has 1 saturated heterocycles. The van der Waals surface area contributed by atoms with E-state index in [-0.39, 0.29) is 5.56 Å². The van der Waals surface area contributed by atoms with E-state index in [1.54, 1.807) is 6.07 Å². The zero-order valence-corrected chi connectivity index (χ0v) is 15.6. The normalized spacial score (nSPS) is 18.6. The maximum absolute atomic E-state index is 12.9. The Labute approximate surface area is 157 Å². The van der Waals surface area contributed by atoms with Gasteiger partial charge in [0.2, 0.25) is 0 Å². The topological polar surface area (TPSA) is 49.2 Å². The number of halogens is 3. The Morgan fingerprint density at radius 2 is 2.00 bits per heavy atom. The van der Waals surface area contributed by atoms with Crippen LogP contribution < -0.4 is 0 Å². The maximum Gasteiger partial charge on any atom is 0.416 e. The quantitative estimate of drug-likeness (QED) is 0.853. The summed E-state index contributed by atoms with van der Waals surface area (Å²) in [5, 5.41) is 18.5. The van der Waals surface area contributed by atoms with Crippen molar-refractivity contribution in [1.82, 2.24) is 15.1 Å². The third-order valence-corrected chi connectivity index (χ3v) is 5.17. The molecule has 2 aromatic rings. The van der Waals surface area contributed by atoms with Crippen molar-refractivity contribution in [1.29, 1.82) is 0 Å². The molecule has 146 valence electrons. The molecule has 0 saturated carbocycles. The number of piperidine rings is 1. The number of aromatic hydroxyl groups is 1. The Kier molecular flexibility index (Phi) is 5.69. The summed E-state index contributed by atoms with van der Waals surface area (Å²) in [7, 11) is 0. The average molecular weight is 379 g/mol. The van der Waals surface area contributed by atoms with E-state index >= 15 is 0 Å². The van der Waals surface area contributed by atoms with Crippen LogP contribution in [0.4, 0.5) is 13.2 Å². The fourth-order valence-electron chi connectivity index (χ4n) is 3.77. The molecule has 1 N–H and O–H groups in total. The summed E-state index contributed by atoms with van der Waals surface area (Å²) in [6, 6.07) is 5.33. The van der Waals surface area contributed by atoms with Crippen LogP contribution in [-0.2, 0) is 12.6 Å². The second kappa shape index (κ2) is 7.84. The zero-order valence-electron chi connectivity index (χ0n) is 15.6. The standard InChI is InChI=1S/C20H24F3N3O/c1-3-26-8-4-5-14(12-26)10-16-6-7-17(25-24-16)19-13(2)9-15(11-18(19)27)20(21,22)23/h6-7,9,11,14,27H,3-5,8,10,12H2,1-2H3/t14-/m0/s1. The number of hydrogen-bond donors (Lipinski definition) is 1. The van der Waals surface area contributed by atoms with Crippen molar-refractivity contribution >= 4 is 0 Å². The van der Waals surface area contributed by atoms with Gasteiger partial charge in [-0.25, -0.2) is 0 Å². The molecule has 1 fully saturated rings. The summed E-state index contributed by atoms with van der Waals surface area (Å²) in [6.45, 7) is 6.94. The molecule has 1 aromatic carbocycles. The van der Waals surface area contributed by atoms with Crippen LogP contribution in [0.3, 0.4) is 0 Å². The lowest BCUT2D eigenvalue weighted by Crippen LogP contribution is -2.36. The highest BCUT2D eigenvalue weighted by Gasteiger charge is 2.32. The van der Waals surface area contributed by atoms with Crippen LogP contribution in [0.2, 0.25) is 0 Å². The molecule has 27 heavy (non-hydrogen) atoms. The molecule has 1 atom stereocenters. The van der Waals surface area contributed by atoms with Crippen LogP contribution in [0.5, 0.6) is 5.75 Å². The van der Waals surface area contributed by atoms with Crippen molar-refractivity contribution in [2.75, 3.05) is 19.6 Å². The molecule has 0 radical (unpaired) electrons. The van der Waals surface area contributed by atoms with Gasteiger partial charge in [-0.1, -0.05) is 6.92 Å². The molecule has 3 rings (SSSR count). The minimum absolute atomic E-state index is 0.289. The minimum Gasteiger partial charge on any atom is -0.507 e. The Balaban J connectivity index is 1.78. The molecule has 2 heterocycles. The molecule has 1 aliphatic rings. The van der Waals surface area contributed by atoms with Crippen molar-refractivity contribution in [3.05, 3.63) is 41.1 Å². The molecule has 1 aliphatic heterocycles. The number of aryl methyl sites for hydroxylation is 1. The fraction of sp³-hybridized carbons (Fsp3) is 0.500. The first-order valence-electron chi connectivity index (χ1n) is 9.24. The minimum atomic E-state index is -4.50. The maximum atomic E-state index is 12.9. The SMILES string of the molecule is CCN1CCC[C@@H](Cc2ccc(-c3c(C)cc(C(F)(F)F)cc3O)nn2)C1. The smallest absolute Gasteiger partial charge is 0.416 e. The predicted molar refractivity (Wildman–Crippen MR) is 97.4 cm³/mol. The van der Waals surface area contributed by atoms with Crippen LogP contribution in [0.1, 0.15) is 36.6 Å². The van der Waals surface area contributed by atoms with Gasteiger partial charge in [-0.05, 0) is 75.0 Å². The number of likely N-dealkylation sites (tertiary alicyclic amines) is 1. The first kappa shape index (κ1) is 19.6. The van der Waals surface area contributed by atoms with Gasteiger partial charge >= 0.3 is 6.18 Å². The Morgan fingerprint density at radius 3 is 2.59 bits per heavy atom. The Hall–Kier alpha value is -2.15. The van der Waals surface area contributed by atoms with Crippen LogP contribution in [0, 0.1) is 12.8 Å². The molecule has 0 aliphatic carbocycles. The van der Waals surface area contributed by atoms with E-state index in [0.717, 1.165) is 43.9 Å². The van der Waals surface area contributed by atoms with Gasteiger partial charge in [-0.3, -0.25) is 0 Å². The van der Waals surface area contributed by atoms with Gasteiger partial charge in [0.05, 0.1) is 17.0 Å². The van der Waals surface area contributed by atoms with Gasteiger partial charge in [-0.15, -0.1) is 0 Å². The Bertz CT molecular complexity index is 767. The molecule has 1 aromatic heterocycles. The largest absolute Gasteiger partial charge is 0.507 e. The lowest BCUT2D eigenvalue weighted by Gasteiger charge is -2.31. The van der Waals surface area contributed by atoms with Crippen LogP contribution in [0.15, 0.2) is 24.3 Å². The van der Waals surface area contributed by atoms with Crippen molar-refractivity contribution in [3.8, 4) is 17.0 Å². The molecule has 7 heteroatoms. The van der Waals surface area contributed by atoms with E-state index < -0.39 is 17.5 Å². The summed E-state index contributed by atoms with van der Waals surface area (Å²) in [6.07, 6.45) is -1.31. The van der Waals surface area contributed by atoms with Gasteiger partial charge in [0.15, 0.2) is 0 Å². The predicted octanol–water partition coefficient (Wildman–Crippen LogP) is 4.45. The van der Waals surface area contributed by atoms with E-state index in [1.807, 2.05) is 6.07 Å². The third kappa shape index (κ3) is 4.58. The van der Waals surface area contributed by atoms with Crippen molar-refractivity contribution in [2.45, 2.75) is 39.3 Å². The molecule has 0 bridgehead atoms. The molecular weight excluding hydrogens is 355 g/mol. The van der Waals surface area contributed by atoms with Gasteiger partial charge in [-0.2, -0.15) is 23.4 Å². The van der Waals surface area contributed by atoms with Crippen LogP contribution in [-0.4, -0.2) is 39.8 Å². The van der Waals surface area contributed by atoms with Crippen LogP contribution >= 0.6 is 0 Å². The van der Waals surface area contributed by atoms with Gasteiger partial charge in [0.25, 0.3) is 0 Å². The van der Waals surface area contributed by atoms with Gasteiger partial charge in [0.1, 0.15) is 5.75 Å². The second-order valence-corrected chi connectivity index (χ2v) is 7.20.